The average molecular weight is 951 g/mol. The number of rotatable bonds is 6. The van der Waals surface area contributed by atoms with E-state index >= 15 is 0 Å². The topological polar surface area (TPSA) is 15.3 Å². The zero-order valence-corrected chi connectivity index (χ0v) is 42.6. The predicted molar refractivity (Wildman–Crippen MR) is 318 cm³/mol. The highest BCUT2D eigenvalue weighted by molar-refractivity contribution is 6.42. The Morgan fingerprint density at radius 3 is 1.11 bits per heavy atom. The first-order valence-corrected chi connectivity index (χ1v) is 26.1. The monoisotopic (exact) mass is 950 g/mol. The maximum atomic E-state index is 2.64. The van der Waals surface area contributed by atoms with E-state index in [0.717, 1.165) is 34.1 Å². The first kappa shape index (κ1) is 42.8. The van der Waals surface area contributed by atoms with Crippen LogP contribution in [-0.2, 0) is 10.8 Å². The normalized spacial score (nSPS) is 12.7. The average Bonchev–Trinajstić information content (AvgIpc) is 4.19. The molecule has 0 N–H and O–H groups in total. The fraction of sp³-hybridized carbons (Fsp3) is 0.114. The van der Waals surface area contributed by atoms with Gasteiger partial charge in [0.05, 0.1) is 44.5 Å². The summed E-state index contributed by atoms with van der Waals surface area (Å²) in [6.45, 7) is 14.1. The minimum atomic E-state index is -0.119. The fourth-order valence-electron chi connectivity index (χ4n) is 12.7. The van der Waals surface area contributed by atoms with Gasteiger partial charge in [0, 0.05) is 65.8 Å². The molecule has 0 saturated carbocycles. The molecule has 0 bridgehead atoms. The number of hydrogen-bond acceptors (Lipinski definition) is 2. The van der Waals surface area contributed by atoms with Crippen LogP contribution < -0.4 is 9.80 Å². The summed E-state index contributed by atoms with van der Waals surface area (Å²) in [4.78, 5) is 4.96. The molecule has 0 saturated heterocycles. The van der Waals surface area contributed by atoms with Gasteiger partial charge in [0.25, 0.3) is 0 Å². The maximum Gasteiger partial charge on any atom is 0.0783 e. The molecule has 11 aromatic carbocycles. The van der Waals surface area contributed by atoms with Crippen LogP contribution in [0.1, 0.15) is 52.7 Å². The van der Waals surface area contributed by atoms with Gasteiger partial charge in [-0.2, -0.15) is 0 Å². The van der Waals surface area contributed by atoms with E-state index in [1.807, 2.05) is 0 Å². The molecular weight excluding hydrogens is 897 g/mol. The van der Waals surface area contributed by atoms with Crippen LogP contribution in [0, 0.1) is 0 Å². The SMILES string of the molecule is CC(C)(C)c1cc(N(c2ccccc2)c2ccccc2)c2c(c1)c1c3ccccc3cc3c4c5c6c7ccccc7cc7c8cc(C(C)(C)C)cc(N(c9ccccc9)c9ccccc9)c8n(c5ccc4n2c31)c76. The molecule has 0 unspecified atom stereocenters. The lowest BCUT2D eigenvalue weighted by Crippen LogP contribution is -2.15. The Labute approximate surface area is 430 Å². The van der Waals surface area contributed by atoms with Crippen LogP contribution >= 0.6 is 0 Å². The molecule has 354 valence electrons. The number of nitrogens with zero attached hydrogens (tertiary/aromatic N) is 4. The lowest BCUT2D eigenvalue weighted by molar-refractivity contribution is 0.591. The Hall–Kier alpha value is -8.86. The second-order valence-corrected chi connectivity index (χ2v) is 22.6. The Kier molecular flexibility index (Phi) is 8.87. The van der Waals surface area contributed by atoms with Crippen molar-refractivity contribution in [3.8, 4) is 0 Å². The van der Waals surface area contributed by atoms with Gasteiger partial charge in [-0.25, -0.2) is 0 Å². The van der Waals surface area contributed by atoms with E-state index in [2.05, 4.69) is 279 Å². The van der Waals surface area contributed by atoms with E-state index in [4.69, 9.17) is 0 Å². The third kappa shape index (κ3) is 5.97. The van der Waals surface area contributed by atoms with E-state index in [9.17, 15) is 0 Å². The second-order valence-electron chi connectivity index (χ2n) is 22.6. The summed E-state index contributed by atoms with van der Waals surface area (Å²) in [5.41, 5.74) is 16.6. The fourth-order valence-corrected chi connectivity index (χ4v) is 12.7. The lowest BCUT2D eigenvalue weighted by atomic mass is 9.85. The minimum absolute atomic E-state index is 0.111. The third-order valence-electron chi connectivity index (χ3n) is 16.1. The van der Waals surface area contributed by atoms with Gasteiger partial charge in [0.1, 0.15) is 0 Å². The molecule has 0 fully saturated rings. The molecule has 0 amide bonds. The lowest BCUT2D eigenvalue weighted by Gasteiger charge is -2.29. The predicted octanol–water partition coefficient (Wildman–Crippen LogP) is 19.8. The van der Waals surface area contributed by atoms with Crippen molar-refractivity contribution in [3.63, 3.8) is 0 Å². The second kappa shape index (κ2) is 15.3. The molecule has 4 aromatic heterocycles. The van der Waals surface area contributed by atoms with Gasteiger partial charge in [-0.1, -0.05) is 163 Å². The zero-order valence-electron chi connectivity index (χ0n) is 42.6. The summed E-state index contributed by atoms with van der Waals surface area (Å²) in [6, 6.07) is 81.7. The van der Waals surface area contributed by atoms with Gasteiger partial charge in [-0.05, 0) is 141 Å². The molecule has 0 aliphatic heterocycles. The highest BCUT2D eigenvalue weighted by Crippen LogP contribution is 2.54. The van der Waals surface area contributed by atoms with Crippen molar-refractivity contribution in [1.29, 1.82) is 0 Å². The molecule has 0 atom stereocenters. The van der Waals surface area contributed by atoms with Crippen LogP contribution in [0.3, 0.4) is 0 Å². The molecule has 74 heavy (non-hydrogen) atoms. The third-order valence-corrected chi connectivity index (χ3v) is 16.1. The molecular formula is C70H54N4. The molecule has 15 aromatic rings. The first-order chi connectivity index (χ1) is 36.0. The van der Waals surface area contributed by atoms with E-state index in [1.54, 1.807) is 0 Å². The van der Waals surface area contributed by atoms with Gasteiger partial charge in [-0.15, -0.1) is 0 Å². The van der Waals surface area contributed by atoms with Gasteiger partial charge in [0.15, 0.2) is 0 Å². The largest absolute Gasteiger partial charge is 0.308 e. The van der Waals surface area contributed by atoms with Crippen molar-refractivity contribution in [1.82, 2.24) is 8.80 Å². The quantitative estimate of drug-likeness (QED) is 0.165. The van der Waals surface area contributed by atoms with Crippen LogP contribution in [0.4, 0.5) is 34.1 Å². The van der Waals surface area contributed by atoms with Crippen molar-refractivity contribution >= 4 is 132 Å². The molecule has 4 heteroatoms. The summed E-state index contributed by atoms with van der Waals surface area (Å²) in [5.74, 6) is 0. The van der Waals surface area contributed by atoms with E-state index in [0.29, 0.717) is 0 Å². The highest BCUT2D eigenvalue weighted by Gasteiger charge is 2.32. The maximum absolute atomic E-state index is 2.64. The van der Waals surface area contributed by atoms with Crippen molar-refractivity contribution in [2.24, 2.45) is 0 Å². The molecule has 0 spiro atoms. The van der Waals surface area contributed by atoms with Gasteiger partial charge in [0.2, 0.25) is 0 Å². The number of anilines is 6. The van der Waals surface area contributed by atoms with Crippen molar-refractivity contribution in [2.75, 3.05) is 9.80 Å². The number of benzene rings is 11. The number of para-hydroxylation sites is 4. The molecule has 0 aliphatic carbocycles. The first-order valence-electron chi connectivity index (χ1n) is 26.1. The number of hydrogen-bond donors (Lipinski definition) is 0. The minimum Gasteiger partial charge on any atom is -0.308 e. The molecule has 4 heterocycles. The highest BCUT2D eigenvalue weighted by atomic mass is 15.2. The number of fused-ring (bicyclic) bond motifs is 17. The molecule has 4 nitrogen and oxygen atoms in total. The van der Waals surface area contributed by atoms with E-state index in [-0.39, 0.29) is 10.8 Å². The molecule has 0 aliphatic rings. The molecule has 0 radical (unpaired) electrons. The van der Waals surface area contributed by atoms with E-state index < -0.39 is 0 Å². The van der Waals surface area contributed by atoms with Gasteiger partial charge < -0.3 is 18.6 Å². The van der Waals surface area contributed by atoms with Crippen LogP contribution in [-0.4, -0.2) is 8.80 Å². The van der Waals surface area contributed by atoms with Crippen molar-refractivity contribution in [3.05, 3.63) is 230 Å². The smallest absolute Gasteiger partial charge is 0.0783 e. The van der Waals surface area contributed by atoms with E-state index in [1.165, 1.54) is 109 Å². The van der Waals surface area contributed by atoms with Crippen molar-refractivity contribution in [2.45, 2.75) is 52.4 Å². The number of aromatic nitrogens is 2. The summed E-state index contributed by atoms with van der Waals surface area (Å²) in [7, 11) is 0. The van der Waals surface area contributed by atoms with Gasteiger partial charge >= 0.3 is 0 Å². The van der Waals surface area contributed by atoms with Crippen LogP contribution in [0.25, 0.3) is 97.7 Å². The summed E-state index contributed by atoms with van der Waals surface area (Å²) in [6.07, 6.45) is 0. The standard InChI is InChI=1S/C70H54N4/c1-69(2,3)45-39-54-53-37-43-23-20-22-34-52(43)63-64-58(74(67(53)63)65(54)59(41-45)71(47-25-11-7-12-26-47)48-27-13-8-14-28-48)36-35-57-62(64)55-38-44-24-19-21-33-51(44)61-56-40-46(70(4,5)6)42-60(66(56)73(57)68(55)61)72(49-29-15-9-16-30-49)50-31-17-10-18-32-50/h7-42H,1-6H3. The van der Waals surface area contributed by atoms with Crippen LogP contribution in [0.5, 0.6) is 0 Å². The van der Waals surface area contributed by atoms with Crippen molar-refractivity contribution < 1.29 is 0 Å². The Morgan fingerprint density at radius 1 is 0.284 bits per heavy atom. The Balaban J connectivity index is 1.18. The van der Waals surface area contributed by atoms with Crippen LogP contribution in [0.15, 0.2) is 218 Å². The zero-order chi connectivity index (χ0) is 49.8. The summed E-state index contributed by atoms with van der Waals surface area (Å²) < 4.78 is 5.28. The summed E-state index contributed by atoms with van der Waals surface area (Å²) >= 11 is 0. The molecule has 15 rings (SSSR count). The van der Waals surface area contributed by atoms with Crippen LogP contribution in [0.2, 0.25) is 0 Å². The Bertz CT molecular complexity index is 4630. The Morgan fingerprint density at radius 2 is 0.635 bits per heavy atom. The van der Waals surface area contributed by atoms with Gasteiger partial charge in [-0.3, -0.25) is 0 Å². The summed E-state index contributed by atoms with van der Waals surface area (Å²) in [5, 5.41) is 15.3.